The van der Waals surface area contributed by atoms with E-state index in [0.717, 1.165) is 17.2 Å². The van der Waals surface area contributed by atoms with Crippen LogP contribution in [0.3, 0.4) is 0 Å². The molecule has 0 saturated heterocycles. The number of fused-ring (bicyclic) bond motifs is 1. The number of hydrogen-bond donors (Lipinski definition) is 2. The normalized spacial score (nSPS) is 11.8. The molecular weight excluding hydrogens is 276 g/mol. The fourth-order valence-corrected chi connectivity index (χ4v) is 2.84. The minimum absolute atomic E-state index is 0.0477. The molecule has 0 aliphatic carbocycles. The molecule has 3 nitrogen and oxygen atoms in total. The van der Waals surface area contributed by atoms with Gasteiger partial charge in [-0.25, -0.2) is 4.79 Å². The quantitative estimate of drug-likeness (QED) is 0.729. The molecule has 0 atom stereocenters. The standard InChI is InChI=1S/C19H24O3/c1-4-5-6-9-19(2,3)15-8-7-13-12-17(20)16(18(21)22)11-14(13)10-15/h7-8,10-12,20H,4-6,9H2,1-3H3,(H,21,22). The van der Waals surface area contributed by atoms with Crippen LogP contribution in [0, 0.1) is 0 Å². The first-order valence-corrected chi connectivity index (χ1v) is 7.85. The number of aromatic hydroxyl groups is 1. The first kappa shape index (κ1) is 16.3. The van der Waals surface area contributed by atoms with Gasteiger partial charge in [0.05, 0.1) is 0 Å². The summed E-state index contributed by atoms with van der Waals surface area (Å²) < 4.78 is 0. The third kappa shape index (κ3) is 3.41. The maximum atomic E-state index is 11.2. The van der Waals surface area contributed by atoms with Crippen LogP contribution in [0.2, 0.25) is 0 Å². The molecule has 22 heavy (non-hydrogen) atoms. The van der Waals surface area contributed by atoms with E-state index in [0.29, 0.717) is 0 Å². The molecule has 0 saturated carbocycles. The molecule has 2 rings (SSSR count). The molecule has 0 spiro atoms. The van der Waals surface area contributed by atoms with E-state index in [9.17, 15) is 9.90 Å². The van der Waals surface area contributed by atoms with Crippen molar-refractivity contribution in [3.05, 3.63) is 41.5 Å². The minimum atomic E-state index is -1.10. The van der Waals surface area contributed by atoms with Crippen molar-refractivity contribution >= 4 is 16.7 Å². The fourth-order valence-electron chi connectivity index (χ4n) is 2.84. The highest BCUT2D eigenvalue weighted by atomic mass is 16.4. The number of benzene rings is 2. The van der Waals surface area contributed by atoms with Crippen LogP contribution in [0.4, 0.5) is 0 Å². The van der Waals surface area contributed by atoms with Crippen molar-refractivity contribution in [2.24, 2.45) is 0 Å². The summed E-state index contributed by atoms with van der Waals surface area (Å²) in [4.78, 5) is 11.2. The average Bonchev–Trinajstić information content (AvgIpc) is 2.45. The summed E-state index contributed by atoms with van der Waals surface area (Å²) in [6, 6.07) is 9.16. The van der Waals surface area contributed by atoms with Crippen molar-refractivity contribution in [2.45, 2.75) is 51.9 Å². The number of phenols is 1. The van der Waals surface area contributed by atoms with E-state index < -0.39 is 5.97 Å². The van der Waals surface area contributed by atoms with Crippen molar-refractivity contribution in [3.8, 4) is 5.75 Å². The highest BCUT2D eigenvalue weighted by Crippen LogP contribution is 2.33. The Morgan fingerprint density at radius 3 is 2.45 bits per heavy atom. The highest BCUT2D eigenvalue weighted by molar-refractivity contribution is 5.97. The van der Waals surface area contributed by atoms with Gasteiger partial charge in [0.25, 0.3) is 0 Å². The number of carboxylic acid groups (broad SMARTS) is 1. The lowest BCUT2D eigenvalue weighted by atomic mass is 9.79. The molecule has 0 aromatic heterocycles. The predicted molar refractivity (Wildman–Crippen MR) is 89.7 cm³/mol. The van der Waals surface area contributed by atoms with Crippen molar-refractivity contribution in [2.75, 3.05) is 0 Å². The number of carbonyl (C=O) groups is 1. The molecule has 2 N–H and O–H groups in total. The van der Waals surface area contributed by atoms with Crippen LogP contribution in [0.15, 0.2) is 30.3 Å². The SMILES string of the molecule is CCCCCC(C)(C)c1ccc2cc(O)c(C(=O)O)cc2c1. The molecular formula is C19H24O3. The third-order valence-electron chi connectivity index (χ3n) is 4.37. The van der Waals surface area contributed by atoms with Gasteiger partial charge in [-0.15, -0.1) is 0 Å². The Morgan fingerprint density at radius 1 is 1.09 bits per heavy atom. The molecule has 0 unspecified atom stereocenters. The smallest absolute Gasteiger partial charge is 0.339 e. The van der Waals surface area contributed by atoms with Gasteiger partial charge < -0.3 is 10.2 Å². The number of rotatable bonds is 6. The molecule has 0 aliphatic heterocycles. The van der Waals surface area contributed by atoms with E-state index in [1.807, 2.05) is 12.1 Å². The van der Waals surface area contributed by atoms with Crippen LogP contribution in [0.1, 0.15) is 62.4 Å². The Balaban J connectivity index is 2.40. The van der Waals surface area contributed by atoms with Crippen LogP contribution in [0.5, 0.6) is 5.75 Å². The van der Waals surface area contributed by atoms with Crippen LogP contribution in [0.25, 0.3) is 10.8 Å². The maximum Gasteiger partial charge on any atom is 0.339 e. The molecule has 118 valence electrons. The van der Waals surface area contributed by atoms with E-state index in [1.165, 1.54) is 30.9 Å². The van der Waals surface area contributed by atoms with Crippen LogP contribution < -0.4 is 0 Å². The monoisotopic (exact) mass is 300 g/mol. The van der Waals surface area contributed by atoms with E-state index >= 15 is 0 Å². The summed E-state index contributed by atoms with van der Waals surface area (Å²) in [5, 5.41) is 20.6. The lowest BCUT2D eigenvalue weighted by molar-refractivity contribution is 0.0694. The zero-order chi connectivity index (χ0) is 16.3. The lowest BCUT2D eigenvalue weighted by Crippen LogP contribution is -2.16. The average molecular weight is 300 g/mol. The number of aromatic carboxylic acids is 1. The Hall–Kier alpha value is -2.03. The maximum absolute atomic E-state index is 11.2. The van der Waals surface area contributed by atoms with Gasteiger partial charge >= 0.3 is 5.97 Å². The molecule has 3 heteroatoms. The summed E-state index contributed by atoms with van der Waals surface area (Å²) in [5.74, 6) is -1.29. The van der Waals surface area contributed by atoms with Gasteiger partial charge in [-0.2, -0.15) is 0 Å². The zero-order valence-electron chi connectivity index (χ0n) is 13.5. The second kappa shape index (κ2) is 6.39. The summed E-state index contributed by atoms with van der Waals surface area (Å²) in [6.07, 6.45) is 4.73. The molecule has 0 fully saturated rings. The lowest BCUT2D eigenvalue weighted by Gasteiger charge is -2.26. The van der Waals surface area contributed by atoms with E-state index in [1.54, 1.807) is 6.07 Å². The molecule has 2 aromatic rings. The van der Waals surface area contributed by atoms with Crippen LogP contribution in [-0.4, -0.2) is 16.2 Å². The molecule has 0 amide bonds. The number of unbranched alkanes of at least 4 members (excludes halogenated alkanes) is 2. The fraction of sp³-hybridized carbons (Fsp3) is 0.421. The van der Waals surface area contributed by atoms with Crippen molar-refractivity contribution in [1.82, 2.24) is 0 Å². The highest BCUT2D eigenvalue weighted by Gasteiger charge is 2.20. The molecule has 0 radical (unpaired) electrons. The Labute approximate surface area is 131 Å². The zero-order valence-corrected chi connectivity index (χ0v) is 13.5. The van der Waals surface area contributed by atoms with E-state index in [-0.39, 0.29) is 16.7 Å². The molecule has 0 heterocycles. The molecule has 0 bridgehead atoms. The van der Waals surface area contributed by atoms with Gasteiger partial charge in [-0.3, -0.25) is 0 Å². The van der Waals surface area contributed by atoms with Gasteiger partial charge in [0, 0.05) is 0 Å². The second-order valence-corrected chi connectivity index (χ2v) is 6.58. The summed E-state index contributed by atoms with van der Waals surface area (Å²) in [7, 11) is 0. The Morgan fingerprint density at radius 2 is 1.82 bits per heavy atom. The predicted octanol–water partition coefficient (Wildman–Crippen LogP) is 5.10. The Kier molecular flexibility index (Phi) is 4.74. The first-order chi connectivity index (χ1) is 10.3. The molecule has 0 aliphatic rings. The Bertz CT molecular complexity index is 686. The molecule has 2 aromatic carbocycles. The van der Waals surface area contributed by atoms with Gasteiger partial charge in [0.15, 0.2) is 0 Å². The van der Waals surface area contributed by atoms with E-state index in [4.69, 9.17) is 5.11 Å². The van der Waals surface area contributed by atoms with Crippen LogP contribution >= 0.6 is 0 Å². The minimum Gasteiger partial charge on any atom is -0.507 e. The number of hydrogen-bond acceptors (Lipinski definition) is 2. The summed E-state index contributed by atoms with van der Waals surface area (Å²) >= 11 is 0. The van der Waals surface area contributed by atoms with Gasteiger partial charge in [-0.1, -0.05) is 58.2 Å². The first-order valence-electron chi connectivity index (χ1n) is 7.85. The van der Waals surface area contributed by atoms with Gasteiger partial charge in [-0.05, 0) is 40.3 Å². The second-order valence-electron chi connectivity index (χ2n) is 6.58. The van der Waals surface area contributed by atoms with Gasteiger partial charge in [0.1, 0.15) is 11.3 Å². The van der Waals surface area contributed by atoms with Crippen molar-refractivity contribution in [1.29, 1.82) is 0 Å². The van der Waals surface area contributed by atoms with E-state index in [2.05, 4.69) is 26.8 Å². The van der Waals surface area contributed by atoms with Crippen LogP contribution in [-0.2, 0) is 5.41 Å². The van der Waals surface area contributed by atoms with Crippen molar-refractivity contribution in [3.63, 3.8) is 0 Å². The number of carboxylic acids is 1. The van der Waals surface area contributed by atoms with Crippen molar-refractivity contribution < 1.29 is 15.0 Å². The third-order valence-corrected chi connectivity index (χ3v) is 4.37. The topological polar surface area (TPSA) is 57.5 Å². The summed E-state index contributed by atoms with van der Waals surface area (Å²) in [6.45, 7) is 6.65. The van der Waals surface area contributed by atoms with Gasteiger partial charge in [0.2, 0.25) is 0 Å². The summed E-state index contributed by atoms with van der Waals surface area (Å²) in [5.41, 5.74) is 1.22. The largest absolute Gasteiger partial charge is 0.507 e.